The normalized spacial score (nSPS) is 12.7. The number of nitrogens with zero attached hydrogens (tertiary/aromatic N) is 2. The predicted molar refractivity (Wildman–Crippen MR) is 81.1 cm³/mol. The Bertz CT molecular complexity index is 595. The molecule has 1 aromatic carbocycles. The third-order valence-electron chi connectivity index (χ3n) is 3.40. The highest BCUT2D eigenvalue weighted by atomic mass is 35.5. The maximum Gasteiger partial charge on any atom is 0.0837 e. The Labute approximate surface area is 124 Å². The van der Waals surface area contributed by atoms with Crippen LogP contribution >= 0.6 is 11.6 Å². The van der Waals surface area contributed by atoms with Gasteiger partial charge in [-0.15, -0.1) is 0 Å². The van der Waals surface area contributed by atoms with E-state index in [1.807, 2.05) is 4.68 Å². The molecular weight excluding hydrogens is 274 g/mol. The molecule has 20 heavy (non-hydrogen) atoms. The molecule has 2 N–H and O–H groups in total. The molecule has 5 heteroatoms. The number of hydrogen-bond acceptors (Lipinski definition) is 3. The number of aromatic nitrogens is 2. The Kier molecular flexibility index (Phi) is 4.81. The van der Waals surface area contributed by atoms with Crippen molar-refractivity contribution in [3.05, 3.63) is 51.8 Å². The van der Waals surface area contributed by atoms with Crippen molar-refractivity contribution in [1.29, 1.82) is 0 Å². The number of ether oxygens (including phenoxy) is 1. The second-order valence-corrected chi connectivity index (χ2v) is 5.34. The standard InChI is InChI=1S/C15H20ClN3O/c1-10-4-5-12(11(2)8-10)14(17)15-13(16)9-18-19(15)6-7-20-3/h4-5,8-9,14H,6-7,17H2,1-3H3. The van der Waals surface area contributed by atoms with Crippen molar-refractivity contribution in [2.24, 2.45) is 5.73 Å². The number of hydrogen-bond donors (Lipinski definition) is 1. The molecular formula is C15H20ClN3O. The van der Waals surface area contributed by atoms with E-state index < -0.39 is 0 Å². The van der Waals surface area contributed by atoms with E-state index in [0.717, 1.165) is 16.8 Å². The Morgan fingerprint density at radius 1 is 1.40 bits per heavy atom. The topological polar surface area (TPSA) is 53.1 Å². The molecule has 0 saturated heterocycles. The number of methoxy groups -OCH3 is 1. The molecule has 0 bridgehead atoms. The van der Waals surface area contributed by atoms with Gasteiger partial charge >= 0.3 is 0 Å². The first-order valence-electron chi connectivity index (χ1n) is 6.57. The second-order valence-electron chi connectivity index (χ2n) is 4.93. The molecule has 0 spiro atoms. The third-order valence-corrected chi connectivity index (χ3v) is 3.69. The van der Waals surface area contributed by atoms with Gasteiger partial charge in [0.05, 0.1) is 36.1 Å². The third kappa shape index (κ3) is 3.03. The van der Waals surface area contributed by atoms with Gasteiger partial charge in [-0.2, -0.15) is 5.10 Å². The van der Waals surface area contributed by atoms with Gasteiger partial charge in [-0.05, 0) is 25.0 Å². The Morgan fingerprint density at radius 2 is 2.15 bits per heavy atom. The first-order valence-corrected chi connectivity index (χ1v) is 6.95. The van der Waals surface area contributed by atoms with Crippen LogP contribution in [0.15, 0.2) is 24.4 Å². The predicted octanol–water partition coefficient (Wildman–Crippen LogP) is 2.85. The first-order chi connectivity index (χ1) is 9.54. The summed E-state index contributed by atoms with van der Waals surface area (Å²) in [5.41, 5.74) is 10.7. The number of aryl methyl sites for hydroxylation is 2. The van der Waals surface area contributed by atoms with E-state index in [9.17, 15) is 0 Å². The first kappa shape index (κ1) is 15.0. The van der Waals surface area contributed by atoms with E-state index in [1.165, 1.54) is 5.56 Å². The summed E-state index contributed by atoms with van der Waals surface area (Å²) in [6.45, 7) is 5.34. The zero-order valence-electron chi connectivity index (χ0n) is 12.1. The second kappa shape index (κ2) is 6.39. The lowest BCUT2D eigenvalue weighted by atomic mass is 9.97. The fraction of sp³-hybridized carbons (Fsp3) is 0.400. The van der Waals surface area contributed by atoms with Crippen LogP contribution in [-0.2, 0) is 11.3 Å². The number of rotatable bonds is 5. The molecule has 0 fully saturated rings. The van der Waals surface area contributed by atoms with Gasteiger partial charge in [0.15, 0.2) is 0 Å². The van der Waals surface area contributed by atoms with Gasteiger partial charge in [0.25, 0.3) is 0 Å². The lowest BCUT2D eigenvalue weighted by molar-refractivity contribution is 0.182. The summed E-state index contributed by atoms with van der Waals surface area (Å²) in [5, 5.41) is 4.86. The van der Waals surface area contributed by atoms with E-state index in [0.29, 0.717) is 18.2 Å². The highest BCUT2D eigenvalue weighted by Gasteiger charge is 2.20. The summed E-state index contributed by atoms with van der Waals surface area (Å²) in [5.74, 6) is 0. The lowest BCUT2D eigenvalue weighted by Crippen LogP contribution is -2.20. The maximum atomic E-state index is 6.40. The monoisotopic (exact) mass is 293 g/mol. The molecule has 2 aromatic rings. The van der Waals surface area contributed by atoms with Gasteiger partial charge in [-0.1, -0.05) is 35.4 Å². The summed E-state index contributed by atoms with van der Waals surface area (Å²) in [4.78, 5) is 0. The van der Waals surface area contributed by atoms with Gasteiger partial charge in [-0.25, -0.2) is 0 Å². The van der Waals surface area contributed by atoms with Crippen molar-refractivity contribution in [2.75, 3.05) is 13.7 Å². The van der Waals surface area contributed by atoms with Crippen LogP contribution in [0.2, 0.25) is 5.02 Å². The maximum absolute atomic E-state index is 6.40. The van der Waals surface area contributed by atoms with Gasteiger partial charge in [0.2, 0.25) is 0 Å². The van der Waals surface area contributed by atoms with Crippen molar-refractivity contribution in [2.45, 2.75) is 26.4 Å². The van der Waals surface area contributed by atoms with E-state index >= 15 is 0 Å². The van der Waals surface area contributed by atoms with Crippen LogP contribution < -0.4 is 5.73 Å². The van der Waals surface area contributed by atoms with Gasteiger partial charge in [-0.3, -0.25) is 4.68 Å². The summed E-state index contributed by atoms with van der Waals surface area (Å²) in [6.07, 6.45) is 1.63. The van der Waals surface area contributed by atoms with Crippen LogP contribution in [0.5, 0.6) is 0 Å². The quantitative estimate of drug-likeness (QED) is 0.922. The van der Waals surface area contributed by atoms with Crippen LogP contribution in [0.4, 0.5) is 0 Å². The zero-order chi connectivity index (χ0) is 14.7. The van der Waals surface area contributed by atoms with E-state index in [2.05, 4.69) is 37.1 Å². The lowest BCUT2D eigenvalue weighted by Gasteiger charge is -2.17. The van der Waals surface area contributed by atoms with Crippen LogP contribution in [0.3, 0.4) is 0 Å². The highest BCUT2D eigenvalue weighted by Crippen LogP contribution is 2.28. The molecule has 1 heterocycles. The van der Waals surface area contributed by atoms with Crippen molar-refractivity contribution >= 4 is 11.6 Å². The highest BCUT2D eigenvalue weighted by molar-refractivity contribution is 6.31. The molecule has 0 amide bonds. The molecule has 2 rings (SSSR count). The Hall–Kier alpha value is -1.36. The Morgan fingerprint density at radius 3 is 2.80 bits per heavy atom. The van der Waals surface area contributed by atoms with Crippen LogP contribution in [0.1, 0.15) is 28.4 Å². The Balaban J connectivity index is 2.37. The van der Waals surface area contributed by atoms with Crippen molar-refractivity contribution in [3.63, 3.8) is 0 Å². The van der Waals surface area contributed by atoms with Crippen LogP contribution in [0, 0.1) is 13.8 Å². The summed E-state index contributed by atoms with van der Waals surface area (Å²) < 4.78 is 6.91. The van der Waals surface area contributed by atoms with Crippen LogP contribution in [0.25, 0.3) is 0 Å². The van der Waals surface area contributed by atoms with Crippen molar-refractivity contribution in [3.8, 4) is 0 Å². The molecule has 1 aromatic heterocycles. The smallest absolute Gasteiger partial charge is 0.0837 e. The fourth-order valence-corrected chi connectivity index (χ4v) is 2.62. The molecule has 1 atom stereocenters. The molecule has 0 radical (unpaired) electrons. The summed E-state index contributed by atoms with van der Waals surface area (Å²) in [7, 11) is 1.66. The minimum Gasteiger partial charge on any atom is -0.383 e. The molecule has 0 aliphatic heterocycles. The van der Waals surface area contributed by atoms with Crippen molar-refractivity contribution in [1.82, 2.24) is 9.78 Å². The van der Waals surface area contributed by atoms with E-state index in [4.69, 9.17) is 22.1 Å². The fourth-order valence-electron chi connectivity index (χ4n) is 2.36. The van der Waals surface area contributed by atoms with Gasteiger partial charge < -0.3 is 10.5 Å². The van der Waals surface area contributed by atoms with E-state index in [1.54, 1.807) is 13.3 Å². The minimum atomic E-state index is -0.289. The number of halogens is 1. The molecule has 1 unspecified atom stereocenters. The van der Waals surface area contributed by atoms with Crippen molar-refractivity contribution < 1.29 is 4.74 Å². The molecule has 0 aliphatic rings. The van der Waals surface area contributed by atoms with Gasteiger partial charge in [0, 0.05) is 7.11 Å². The molecule has 4 nitrogen and oxygen atoms in total. The average Bonchev–Trinajstić information content (AvgIpc) is 2.77. The molecule has 0 aliphatic carbocycles. The minimum absolute atomic E-state index is 0.289. The summed E-state index contributed by atoms with van der Waals surface area (Å²) >= 11 is 6.25. The summed E-state index contributed by atoms with van der Waals surface area (Å²) in [6, 6.07) is 5.95. The average molecular weight is 294 g/mol. The molecule has 108 valence electrons. The number of benzene rings is 1. The molecule has 0 saturated carbocycles. The zero-order valence-corrected chi connectivity index (χ0v) is 12.8. The SMILES string of the molecule is COCCn1ncc(Cl)c1C(N)c1ccc(C)cc1C. The van der Waals surface area contributed by atoms with Gasteiger partial charge in [0.1, 0.15) is 0 Å². The van der Waals surface area contributed by atoms with Crippen LogP contribution in [-0.4, -0.2) is 23.5 Å². The number of nitrogens with two attached hydrogens (primary N) is 1. The van der Waals surface area contributed by atoms with E-state index in [-0.39, 0.29) is 6.04 Å². The largest absolute Gasteiger partial charge is 0.383 e.